The van der Waals surface area contributed by atoms with Crippen LogP contribution < -0.4 is 0 Å². The second kappa shape index (κ2) is 6.14. The van der Waals surface area contributed by atoms with Crippen molar-refractivity contribution in [1.82, 2.24) is 14.5 Å². The summed E-state index contributed by atoms with van der Waals surface area (Å²) in [5, 5.41) is 1.25. The first-order valence-corrected chi connectivity index (χ1v) is 10.3. The van der Waals surface area contributed by atoms with Crippen molar-refractivity contribution < 1.29 is 0 Å². The van der Waals surface area contributed by atoms with E-state index < -0.39 is 0 Å². The normalized spacial score (nSPS) is 13.9. The van der Waals surface area contributed by atoms with E-state index in [4.69, 9.17) is 4.98 Å². The van der Waals surface area contributed by atoms with Crippen molar-refractivity contribution in [2.45, 2.75) is 19.3 Å². The monoisotopic (exact) mass is 387 g/mol. The molecule has 3 heteroatoms. The van der Waals surface area contributed by atoms with E-state index in [0.717, 1.165) is 17.1 Å². The lowest BCUT2D eigenvalue weighted by Gasteiger charge is -2.21. The summed E-state index contributed by atoms with van der Waals surface area (Å²) >= 11 is 0. The molecule has 30 heavy (non-hydrogen) atoms. The Kier molecular flexibility index (Phi) is 3.51. The lowest BCUT2D eigenvalue weighted by Crippen LogP contribution is -2.14. The molecular weight excluding hydrogens is 366 g/mol. The number of fused-ring (bicyclic) bond motifs is 5. The Morgan fingerprint density at radius 2 is 1.57 bits per heavy atom. The second-order valence-electron chi connectivity index (χ2n) is 8.40. The summed E-state index contributed by atoms with van der Waals surface area (Å²) in [5.41, 5.74) is 9.52. The predicted molar refractivity (Wildman–Crippen MR) is 122 cm³/mol. The van der Waals surface area contributed by atoms with Crippen molar-refractivity contribution in [2.24, 2.45) is 0 Å². The van der Waals surface area contributed by atoms with E-state index in [9.17, 15) is 0 Å². The van der Waals surface area contributed by atoms with Crippen LogP contribution in [0, 0.1) is 0 Å². The number of benzene rings is 2. The van der Waals surface area contributed by atoms with Gasteiger partial charge in [0, 0.05) is 28.8 Å². The highest BCUT2D eigenvalue weighted by atomic mass is 15.0. The molecule has 0 saturated heterocycles. The van der Waals surface area contributed by atoms with Gasteiger partial charge in [-0.05, 0) is 47.0 Å². The van der Waals surface area contributed by atoms with E-state index >= 15 is 0 Å². The highest BCUT2D eigenvalue weighted by molar-refractivity contribution is 6.01. The van der Waals surface area contributed by atoms with Crippen LogP contribution in [0.2, 0.25) is 0 Å². The molecule has 0 radical (unpaired) electrons. The molecule has 3 aromatic heterocycles. The minimum absolute atomic E-state index is 0.00367. The van der Waals surface area contributed by atoms with Crippen molar-refractivity contribution in [3.8, 4) is 28.2 Å². The van der Waals surface area contributed by atoms with Crippen LogP contribution in [0.3, 0.4) is 0 Å². The lowest BCUT2D eigenvalue weighted by molar-refractivity contribution is 0.661. The zero-order valence-electron chi connectivity index (χ0n) is 17.0. The Balaban J connectivity index is 1.56. The van der Waals surface area contributed by atoms with Gasteiger partial charge in [0.2, 0.25) is 0 Å². The molecule has 2 aromatic carbocycles. The average molecular weight is 387 g/mol. The molecular formula is C27H21N3. The fourth-order valence-electron chi connectivity index (χ4n) is 4.82. The van der Waals surface area contributed by atoms with Crippen molar-refractivity contribution in [3.05, 3.63) is 103 Å². The Hall–Kier alpha value is -3.72. The quantitative estimate of drug-likeness (QED) is 0.351. The lowest BCUT2D eigenvalue weighted by atomic mass is 9.82. The maximum absolute atomic E-state index is 4.69. The molecule has 6 rings (SSSR count). The van der Waals surface area contributed by atoms with Crippen LogP contribution in [0.5, 0.6) is 0 Å². The van der Waals surface area contributed by atoms with E-state index in [2.05, 4.69) is 78.1 Å². The molecule has 3 nitrogen and oxygen atoms in total. The minimum Gasteiger partial charge on any atom is -0.314 e. The van der Waals surface area contributed by atoms with Gasteiger partial charge in [-0.2, -0.15) is 0 Å². The number of pyridine rings is 2. The molecule has 3 heterocycles. The summed E-state index contributed by atoms with van der Waals surface area (Å²) in [7, 11) is 0. The molecule has 0 atom stereocenters. The molecule has 0 amide bonds. The fourth-order valence-corrected chi connectivity index (χ4v) is 4.82. The van der Waals surface area contributed by atoms with Gasteiger partial charge in [0.1, 0.15) is 0 Å². The standard InChI is InChI=1S/C27H21N3/c1-27(2)21-8-4-3-7-20(21)25-22(27)12-10-18-14-16-30(26(18)25)19-11-13-24(29-17-19)23-9-5-6-15-28-23/h3-17H,1-2H3. The van der Waals surface area contributed by atoms with Gasteiger partial charge in [-0.25, -0.2) is 0 Å². The molecule has 5 aromatic rings. The molecule has 1 aliphatic rings. The Labute approximate surface area is 175 Å². The van der Waals surface area contributed by atoms with Crippen molar-refractivity contribution >= 4 is 10.9 Å². The van der Waals surface area contributed by atoms with Crippen LogP contribution in [0.15, 0.2) is 91.4 Å². The first kappa shape index (κ1) is 17.2. The van der Waals surface area contributed by atoms with Crippen LogP contribution in [-0.2, 0) is 5.41 Å². The third-order valence-corrected chi connectivity index (χ3v) is 6.35. The van der Waals surface area contributed by atoms with E-state index in [1.54, 1.807) is 6.20 Å². The summed E-state index contributed by atoms with van der Waals surface area (Å²) in [5.74, 6) is 0. The van der Waals surface area contributed by atoms with E-state index in [1.807, 2.05) is 30.5 Å². The summed E-state index contributed by atoms with van der Waals surface area (Å²) in [4.78, 5) is 9.11. The number of hydrogen-bond donors (Lipinski definition) is 0. The van der Waals surface area contributed by atoms with Gasteiger partial charge in [-0.3, -0.25) is 9.97 Å². The van der Waals surface area contributed by atoms with Gasteiger partial charge >= 0.3 is 0 Å². The third kappa shape index (κ3) is 2.32. The molecule has 0 N–H and O–H groups in total. The number of aromatic nitrogens is 3. The van der Waals surface area contributed by atoms with Gasteiger partial charge in [0.25, 0.3) is 0 Å². The second-order valence-corrected chi connectivity index (χ2v) is 8.40. The molecule has 0 spiro atoms. The first-order chi connectivity index (χ1) is 14.6. The zero-order valence-corrected chi connectivity index (χ0v) is 17.0. The van der Waals surface area contributed by atoms with Crippen LogP contribution in [0.25, 0.3) is 39.1 Å². The number of nitrogens with zero attached hydrogens (tertiary/aromatic N) is 3. The maximum Gasteiger partial charge on any atom is 0.0887 e. The molecule has 1 aliphatic carbocycles. The van der Waals surface area contributed by atoms with Gasteiger partial charge in [-0.15, -0.1) is 0 Å². The topological polar surface area (TPSA) is 30.7 Å². The van der Waals surface area contributed by atoms with Crippen molar-refractivity contribution in [1.29, 1.82) is 0 Å². The van der Waals surface area contributed by atoms with Crippen LogP contribution in [0.1, 0.15) is 25.0 Å². The average Bonchev–Trinajstić information content (AvgIpc) is 3.32. The zero-order chi connectivity index (χ0) is 20.3. The van der Waals surface area contributed by atoms with Gasteiger partial charge < -0.3 is 4.57 Å². The molecule has 0 saturated carbocycles. The summed E-state index contributed by atoms with van der Waals surface area (Å²) < 4.78 is 2.27. The summed E-state index contributed by atoms with van der Waals surface area (Å²) in [6.45, 7) is 4.64. The highest BCUT2D eigenvalue weighted by Crippen LogP contribution is 2.51. The first-order valence-electron chi connectivity index (χ1n) is 10.3. The molecule has 0 bridgehead atoms. The summed E-state index contributed by atoms with van der Waals surface area (Å²) in [6.07, 6.45) is 5.89. The van der Waals surface area contributed by atoms with E-state index in [0.29, 0.717) is 0 Å². The fraction of sp³-hybridized carbons (Fsp3) is 0.111. The molecule has 144 valence electrons. The number of rotatable bonds is 2. The molecule has 0 unspecified atom stereocenters. The smallest absolute Gasteiger partial charge is 0.0887 e. The molecule has 0 fully saturated rings. The largest absolute Gasteiger partial charge is 0.314 e. The van der Waals surface area contributed by atoms with Gasteiger partial charge in [0.05, 0.1) is 28.8 Å². The van der Waals surface area contributed by atoms with Crippen LogP contribution in [-0.4, -0.2) is 14.5 Å². The van der Waals surface area contributed by atoms with Crippen molar-refractivity contribution in [3.63, 3.8) is 0 Å². The van der Waals surface area contributed by atoms with E-state index in [1.165, 1.54) is 33.2 Å². The predicted octanol–water partition coefficient (Wildman–Crippen LogP) is 6.39. The van der Waals surface area contributed by atoms with E-state index in [-0.39, 0.29) is 5.41 Å². The SMILES string of the molecule is CC1(C)c2ccccc2-c2c1ccc1ccn(-c3ccc(-c4ccccn4)nc3)c21. The van der Waals surface area contributed by atoms with Gasteiger partial charge in [-0.1, -0.05) is 56.3 Å². The number of hydrogen-bond acceptors (Lipinski definition) is 2. The van der Waals surface area contributed by atoms with Crippen LogP contribution >= 0.6 is 0 Å². The van der Waals surface area contributed by atoms with Crippen LogP contribution in [0.4, 0.5) is 0 Å². The maximum atomic E-state index is 4.69. The Morgan fingerprint density at radius 3 is 2.37 bits per heavy atom. The highest BCUT2D eigenvalue weighted by Gasteiger charge is 2.36. The molecule has 0 aliphatic heterocycles. The third-order valence-electron chi connectivity index (χ3n) is 6.35. The van der Waals surface area contributed by atoms with Crippen molar-refractivity contribution in [2.75, 3.05) is 0 Å². The Morgan fingerprint density at radius 1 is 0.733 bits per heavy atom. The Bertz CT molecular complexity index is 1390. The van der Waals surface area contributed by atoms with Gasteiger partial charge in [0.15, 0.2) is 0 Å². The minimum atomic E-state index is -0.00367. The summed E-state index contributed by atoms with van der Waals surface area (Å²) in [6, 6.07) is 25.6.